The minimum Gasteiger partial charge on any atom is -0.508 e. The predicted molar refractivity (Wildman–Crippen MR) is 117 cm³/mol. The van der Waals surface area contributed by atoms with E-state index in [2.05, 4.69) is 5.32 Å². The maximum absolute atomic E-state index is 13.3. The third-order valence-corrected chi connectivity index (χ3v) is 6.09. The van der Waals surface area contributed by atoms with Gasteiger partial charge in [0, 0.05) is 24.8 Å². The minimum absolute atomic E-state index is 0.0599. The number of phenolic OH excluding ortho intramolecular Hbond substituents is 1. The number of hydrogen-bond acceptors (Lipinski definition) is 5. The van der Waals surface area contributed by atoms with E-state index in [-0.39, 0.29) is 30.8 Å². The van der Waals surface area contributed by atoms with Gasteiger partial charge in [0.05, 0.1) is 6.61 Å². The molecule has 3 rings (SSSR count). The molecule has 1 aromatic carbocycles. The van der Waals surface area contributed by atoms with E-state index >= 15 is 0 Å². The van der Waals surface area contributed by atoms with Crippen molar-refractivity contribution in [1.29, 1.82) is 0 Å². The molecule has 2 aliphatic rings. The molecular weight excluding hydrogens is 398 g/mol. The third-order valence-electron chi connectivity index (χ3n) is 6.09. The molecule has 0 radical (unpaired) electrons. The molecule has 170 valence electrons. The van der Waals surface area contributed by atoms with E-state index in [9.17, 15) is 19.5 Å². The summed E-state index contributed by atoms with van der Waals surface area (Å²) in [5, 5.41) is 12.4. The van der Waals surface area contributed by atoms with E-state index in [1.807, 2.05) is 0 Å². The number of carbonyl (C=O) groups excluding carboxylic acids is 3. The highest BCUT2D eigenvalue weighted by atomic mass is 16.5. The second kappa shape index (κ2) is 11.0. The molecule has 31 heavy (non-hydrogen) atoms. The molecule has 1 unspecified atom stereocenters. The molecule has 1 saturated heterocycles. The summed E-state index contributed by atoms with van der Waals surface area (Å²) < 4.78 is 5.07. The van der Waals surface area contributed by atoms with Crippen LogP contribution in [0.5, 0.6) is 5.75 Å². The SMILES string of the molecule is CCOC(=O)CN(CCC1CCCC1)C(=O)N1CCCC1C(=O)Nc1cccc(O)c1. The number of benzene rings is 1. The first-order chi connectivity index (χ1) is 15.0. The lowest BCUT2D eigenvalue weighted by Crippen LogP contribution is -2.51. The maximum atomic E-state index is 13.3. The minimum atomic E-state index is -0.606. The van der Waals surface area contributed by atoms with Gasteiger partial charge in [-0.3, -0.25) is 9.59 Å². The summed E-state index contributed by atoms with van der Waals surface area (Å²) in [4.78, 5) is 41.4. The Kier molecular flexibility index (Phi) is 8.14. The van der Waals surface area contributed by atoms with Crippen molar-refractivity contribution in [3.05, 3.63) is 24.3 Å². The number of urea groups is 1. The monoisotopic (exact) mass is 431 g/mol. The Morgan fingerprint density at radius 3 is 2.68 bits per heavy atom. The quantitative estimate of drug-likeness (QED) is 0.615. The van der Waals surface area contributed by atoms with Gasteiger partial charge in [-0.1, -0.05) is 31.7 Å². The highest BCUT2D eigenvalue weighted by Crippen LogP contribution is 2.28. The van der Waals surface area contributed by atoms with E-state index < -0.39 is 12.0 Å². The van der Waals surface area contributed by atoms with Crippen LogP contribution in [0, 0.1) is 5.92 Å². The van der Waals surface area contributed by atoms with E-state index in [1.165, 1.54) is 42.7 Å². The van der Waals surface area contributed by atoms with Crippen molar-refractivity contribution in [2.75, 3.05) is 31.6 Å². The Morgan fingerprint density at radius 2 is 1.97 bits per heavy atom. The van der Waals surface area contributed by atoms with Crippen LogP contribution in [0.4, 0.5) is 10.5 Å². The van der Waals surface area contributed by atoms with Gasteiger partial charge in [-0.2, -0.15) is 0 Å². The van der Waals surface area contributed by atoms with Crippen LogP contribution in [-0.4, -0.2) is 65.1 Å². The number of amides is 3. The van der Waals surface area contributed by atoms with Crippen molar-refractivity contribution < 1.29 is 24.2 Å². The van der Waals surface area contributed by atoms with Crippen LogP contribution in [0.15, 0.2) is 24.3 Å². The predicted octanol–water partition coefficient (Wildman–Crippen LogP) is 3.36. The van der Waals surface area contributed by atoms with Crippen molar-refractivity contribution in [1.82, 2.24) is 9.80 Å². The average molecular weight is 432 g/mol. The number of nitrogens with zero attached hydrogens (tertiary/aromatic N) is 2. The van der Waals surface area contributed by atoms with E-state index in [4.69, 9.17) is 4.74 Å². The fourth-order valence-corrected chi connectivity index (χ4v) is 4.50. The largest absolute Gasteiger partial charge is 0.508 e. The molecular formula is C23H33N3O5. The number of anilines is 1. The molecule has 1 aliphatic heterocycles. The van der Waals surface area contributed by atoms with Crippen LogP contribution in [0.3, 0.4) is 0 Å². The standard InChI is InChI=1S/C23H33N3O5/c1-2-31-21(28)16-25(14-12-17-7-3-4-8-17)23(30)26-13-6-11-20(26)22(29)24-18-9-5-10-19(27)15-18/h5,9-10,15,17,20,27H,2-4,6-8,11-14,16H2,1H3,(H,24,29). The Bertz CT molecular complexity index is 778. The fourth-order valence-electron chi connectivity index (χ4n) is 4.50. The normalized spacial score (nSPS) is 18.7. The smallest absolute Gasteiger partial charge is 0.325 e. The lowest BCUT2D eigenvalue weighted by Gasteiger charge is -2.31. The van der Waals surface area contributed by atoms with E-state index in [0.717, 1.165) is 12.8 Å². The van der Waals surface area contributed by atoms with Crippen LogP contribution in [0.1, 0.15) is 51.9 Å². The Hall–Kier alpha value is -2.77. The molecule has 0 spiro atoms. The van der Waals surface area contributed by atoms with Crippen molar-refractivity contribution in [3.8, 4) is 5.75 Å². The van der Waals surface area contributed by atoms with Crippen molar-refractivity contribution in [2.24, 2.45) is 5.92 Å². The van der Waals surface area contributed by atoms with Gasteiger partial charge in [0.25, 0.3) is 0 Å². The number of ether oxygens (including phenoxy) is 1. The molecule has 8 nitrogen and oxygen atoms in total. The second-order valence-corrected chi connectivity index (χ2v) is 8.34. The highest BCUT2D eigenvalue weighted by Gasteiger charge is 2.37. The zero-order valence-corrected chi connectivity index (χ0v) is 18.2. The number of phenols is 1. The van der Waals surface area contributed by atoms with E-state index in [1.54, 1.807) is 24.0 Å². The Balaban J connectivity index is 1.66. The molecule has 0 aromatic heterocycles. The van der Waals surface area contributed by atoms with E-state index in [0.29, 0.717) is 31.1 Å². The van der Waals surface area contributed by atoms with Crippen LogP contribution < -0.4 is 5.32 Å². The van der Waals surface area contributed by atoms with Crippen LogP contribution in [0.25, 0.3) is 0 Å². The third kappa shape index (κ3) is 6.35. The zero-order valence-electron chi connectivity index (χ0n) is 18.2. The summed E-state index contributed by atoms with van der Waals surface area (Å²) >= 11 is 0. The lowest BCUT2D eigenvalue weighted by atomic mass is 10.0. The lowest BCUT2D eigenvalue weighted by molar-refractivity contribution is -0.143. The maximum Gasteiger partial charge on any atom is 0.325 e. The topological polar surface area (TPSA) is 99.2 Å². The van der Waals surface area contributed by atoms with Gasteiger partial charge in [-0.15, -0.1) is 0 Å². The first kappa shape index (κ1) is 22.9. The molecule has 8 heteroatoms. The van der Waals surface area contributed by atoms with Crippen LogP contribution in [0.2, 0.25) is 0 Å². The van der Waals surface area contributed by atoms with Crippen molar-refractivity contribution in [2.45, 2.75) is 57.9 Å². The van der Waals surface area contributed by atoms with Gasteiger partial charge >= 0.3 is 12.0 Å². The summed E-state index contributed by atoms with van der Waals surface area (Å²) in [6, 6.07) is 5.43. The van der Waals surface area contributed by atoms with Gasteiger partial charge in [0.2, 0.25) is 5.91 Å². The summed E-state index contributed by atoms with van der Waals surface area (Å²) in [6.07, 6.45) is 6.92. The first-order valence-corrected chi connectivity index (χ1v) is 11.3. The molecule has 1 heterocycles. The second-order valence-electron chi connectivity index (χ2n) is 8.34. The van der Waals surface area contributed by atoms with Gasteiger partial charge in [0.15, 0.2) is 0 Å². The van der Waals surface area contributed by atoms with Crippen molar-refractivity contribution >= 4 is 23.6 Å². The summed E-state index contributed by atoms with van der Waals surface area (Å²) in [5.74, 6) is -0.0730. The molecule has 2 fully saturated rings. The number of rotatable bonds is 8. The first-order valence-electron chi connectivity index (χ1n) is 11.3. The Labute approximate surface area is 183 Å². The number of likely N-dealkylation sites (tertiary alicyclic amines) is 1. The molecule has 0 bridgehead atoms. The van der Waals surface area contributed by atoms with Crippen LogP contribution in [-0.2, 0) is 14.3 Å². The summed E-state index contributed by atoms with van der Waals surface area (Å²) in [5.41, 5.74) is 0.480. The number of esters is 1. The van der Waals surface area contributed by atoms with Crippen LogP contribution >= 0.6 is 0 Å². The molecule has 3 amide bonds. The molecule has 1 aromatic rings. The van der Waals surface area contributed by atoms with Crippen molar-refractivity contribution in [3.63, 3.8) is 0 Å². The number of carbonyl (C=O) groups is 3. The molecule has 1 atom stereocenters. The van der Waals surface area contributed by atoms with Gasteiger partial charge in [-0.05, 0) is 44.2 Å². The van der Waals surface area contributed by atoms with Gasteiger partial charge in [0.1, 0.15) is 18.3 Å². The average Bonchev–Trinajstić information content (AvgIpc) is 3.42. The van der Waals surface area contributed by atoms with Gasteiger partial charge in [-0.25, -0.2) is 4.79 Å². The number of hydrogen-bond donors (Lipinski definition) is 2. The Morgan fingerprint density at radius 1 is 1.19 bits per heavy atom. The molecule has 2 N–H and O–H groups in total. The van der Waals surface area contributed by atoms with Gasteiger partial charge < -0.3 is 25.0 Å². The molecule has 1 aliphatic carbocycles. The number of aromatic hydroxyl groups is 1. The summed E-state index contributed by atoms with van der Waals surface area (Å²) in [7, 11) is 0. The fraction of sp³-hybridized carbons (Fsp3) is 0.609. The summed E-state index contributed by atoms with van der Waals surface area (Å²) in [6.45, 7) is 2.86. The zero-order chi connectivity index (χ0) is 22.2. The number of nitrogens with one attached hydrogen (secondary N) is 1. The highest BCUT2D eigenvalue weighted by molar-refractivity contribution is 5.97. The molecule has 1 saturated carbocycles.